The van der Waals surface area contributed by atoms with Gasteiger partial charge in [0, 0.05) is 0 Å². The van der Waals surface area contributed by atoms with E-state index in [9.17, 15) is 5.11 Å². The van der Waals surface area contributed by atoms with Crippen molar-refractivity contribution in [2.24, 2.45) is 5.92 Å². The van der Waals surface area contributed by atoms with Crippen LogP contribution in [0.25, 0.3) is 0 Å². The Balaban J connectivity index is 2.02. The van der Waals surface area contributed by atoms with Gasteiger partial charge in [0.2, 0.25) is 0 Å². The van der Waals surface area contributed by atoms with E-state index < -0.39 is 6.10 Å². The minimum atomic E-state index is -0.405. The molecule has 0 spiro atoms. The van der Waals surface area contributed by atoms with Crippen LogP contribution in [0.4, 0.5) is 0 Å². The van der Waals surface area contributed by atoms with Gasteiger partial charge in [0.25, 0.3) is 0 Å². The van der Waals surface area contributed by atoms with E-state index in [1.54, 1.807) is 12.1 Å². The lowest BCUT2D eigenvalue weighted by molar-refractivity contribution is 0.145. The third-order valence-electron chi connectivity index (χ3n) is 3.36. The SMILES string of the molecule is O[C@H](CC1CCCC1)c1ccc(Cl)c(Cl)c1. The Morgan fingerprint density at radius 2 is 1.88 bits per heavy atom. The number of halogens is 2. The van der Waals surface area contributed by atoms with Gasteiger partial charge in [0.05, 0.1) is 16.1 Å². The highest BCUT2D eigenvalue weighted by atomic mass is 35.5. The third kappa shape index (κ3) is 2.91. The van der Waals surface area contributed by atoms with Gasteiger partial charge in [0.1, 0.15) is 0 Å². The van der Waals surface area contributed by atoms with Gasteiger partial charge in [-0.15, -0.1) is 0 Å². The summed E-state index contributed by atoms with van der Waals surface area (Å²) < 4.78 is 0. The Hall–Kier alpha value is -0.240. The second-order valence-corrected chi connectivity index (χ2v) is 5.39. The Bertz CT molecular complexity index is 359. The molecule has 1 nitrogen and oxygen atoms in total. The Labute approximate surface area is 106 Å². The van der Waals surface area contributed by atoms with Crippen LogP contribution in [0.2, 0.25) is 10.0 Å². The summed E-state index contributed by atoms with van der Waals surface area (Å²) in [5, 5.41) is 11.2. The topological polar surface area (TPSA) is 20.2 Å². The highest BCUT2D eigenvalue weighted by Crippen LogP contribution is 2.34. The largest absolute Gasteiger partial charge is 0.388 e. The molecule has 1 atom stereocenters. The normalized spacial score (nSPS) is 18.9. The van der Waals surface area contributed by atoms with Gasteiger partial charge >= 0.3 is 0 Å². The van der Waals surface area contributed by atoms with Crippen molar-refractivity contribution in [3.63, 3.8) is 0 Å². The Morgan fingerprint density at radius 1 is 1.19 bits per heavy atom. The zero-order valence-electron chi connectivity index (χ0n) is 9.13. The fraction of sp³-hybridized carbons (Fsp3) is 0.538. The molecule has 0 amide bonds. The molecule has 1 N–H and O–H groups in total. The first-order valence-electron chi connectivity index (χ1n) is 5.80. The summed E-state index contributed by atoms with van der Waals surface area (Å²) in [6.07, 6.45) is 5.55. The summed E-state index contributed by atoms with van der Waals surface area (Å²) in [6, 6.07) is 5.37. The van der Waals surface area contributed by atoms with E-state index >= 15 is 0 Å². The Kier molecular flexibility index (Phi) is 4.12. The summed E-state index contributed by atoms with van der Waals surface area (Å²) >= 11 is 11.8. The van der Waals surface area contributed by atoms with Crippen molar-refractivity contribution < 1.29 is 5.11 Å². The fourth-order valence-electron chi connectivity index (χ4n) is 2.42. The van der Waals surface area contributed by atoms with Crippen LogP contribution in [0.15, 0.2) is 18.2 Å². The minimum Gasteiger partial charge on any atom is -0.388 e. The summed E-state index contributed by atoms with van der Waals surface area (Å²) in [4.78, 5) is 0. The molecule has 1 aliphatic rings. The molecule has 0 radical (unpaired) electrons. The van der Waals surface area contributed by atoms with E-state index in [-0.39, 0.29) is 0 Å². The van der Waals surface area contributed by atoms with Crippen LogP contribution in [-0.4, -0.2) is 5.11 Å². The molecule has 1 aromatic carbocycles. The van der Waals surface area contributed by atoms with E-state index in [1.165, 1.54) is 25.7 Å². The van der Waals surface area contributed by atoms with Crippen LogP contribution in [0, 0.1) is 5.92 Å². The first kappa shape index (κ1) is 12.2. The molecule has 1 aliphatic carbocycles. The molecule has 88 valence electrons. The molecule has 1 aromatic rings. The average molecular weight is 259 g/mol. The molecular weight excluding hydrogens is 243 g/mol. The molecule has 0 bridgehead atoms. The van der Waals surface area contributed by atoms with Crippen molar-refractivity contribution in [1.82, 2.24) is 0 Å². The standard InChI is InChI=1S/C13H16Cl2O/c14-11-6-5-10(8-12(11)15)13(16)7-9-3-1-2-4-9/h5-6,8-9,13,16H,1-4,7H2/t13-/m1/s1. The number of aliphatic hydroxyl groups is 1. The van der Waals surface area contributed by atoms with E-state index in [0.29, 0.717) is 16.0 Å². The van der Waals surface area contributed by atoms with E-state index in [4.69, 9.17) is 23.2 Å². The predicted octanol–water partition coefficient (Wildman–Crippen LogP) is 4.61. The quantitative estimate of drug-likeness (QED) is 0.840. The third-order valence-corrected chi connectivity index (χ3v) is 4.10. The molecule has 3 heteroatoms. The molecule has 0 unspecified atom stereocenters. The maximum atomic E-state index is 10.1. The molecule has 0 aromatic heterocycles. The number of hydrogen-bond acceptors (Lipinski definition) is 1. The van der Waals surface area contributed by atoms with Crippen LogP contribution in [0.3, 0.4) is 0 Å². The summed E-state index contributed by atoms with van der Waals surface area (Å²) in [5.41, 5.74) is 0.876. The summed E-state index contributed by atoms with van der Waals surface area (Å²) in [6.45, 7) is 0. The molecule has 0 heterocycles. The number of rotatable bonds is 3. The monoisotopic (exact) mass is 258 g/mol. The van der Waals surface area contributed by atoms with Crippen molar-refractivity contribution in [3.05, 3.63) is 33.8 Å². The van der Waals surface area contributed by atoms with Crippen LogP contribution < -0.4 is 0 Å². The van der Waals surface area contributed by atoms with E-state index in [1.807, 2.05) is 6.07 Å². The molecule has 1 fully saturated rings. The van der Waals surface area contributed by atoms with Gasteiger partial charge in [-0.2, -0.15) is 0 Å². The fourth-order valence-corrected chi connectivity index (χ4v) is 2.72. The maximum Gasteiger partial charge on any atom is 0.0793 e. The summed E-state index contributed by atoms with van der Waals surface area (Å²) in [5.74, 6) is 0.671. The van der Waals surface area contributed by atoms with E-state index in [0.717, 1.165) is 12.0 Å². The van der Waals surface area contributed by atoms with Crippen LogP contribution in [-0.2, 0) is 0 Å². The molecule has 0 saturated heterocycles. The van der Waals surface area contributed by atoms with Crippen LogP contribution in [0.1, 0.15) is 43.8 Å². The second-order valence-electron chi connectivity index (χ2n) is 4.58. The van der Waals surface area contributed by atoms with Gasteiger partial charge in [0.15, 0.2) is 0 Å². The van der Waals surface area contributed by atoms with Gasteiger partial charge in [-0.1, -0.05) is 55.0 Å². The number of hydrogen-bond donors (Lipinski definition) is 1. The van der Waals surface area contributed by atoms with Crippen molar-refractivity contribution in [2.45, 2.75) is 38.2 Å². The van der Waals surface area contributed by atoms with Gasteiger partial charge in [-0.3, -0.25) is 0 Å². The predicted molar refractivity (Wildman–Crippen MR) is 68.0 cm³/mol. The van der Waals surface area contributed by atoms with E-state index in [2.05, 4.69) is 0 Å². The van der Waals surface area contributed by atoms with Crippen molar-refractivity contribution in [1.29, 1.82) is 0 Å². The lowest BCUT2D eigenvalue weighted by Gasteiger charge is -2.16. The van der Waals surface area contributed by atoms with Gasteiger partial charge in [-0.25, -0.2) is 0 Å². The number of benzene rings is 1. The summed E-state index contributed by atoms with van der Waals surface area (Å²) in [7, 11) is 0. The van der Waals surface area contributed by atoms with Crippen molar-refractivity contribution in [2.75, 3.05) is 0 Å². The smallest absolute Gasteiger partial charge is 0.0793 e. The minimum absolute atomic E-state index is 0.405. The van der Waals surface area contributed by atoms with Crippen LogP contribution in [0.5, 0.6) is 0 Å². The molecule has 1 saturated carbocycles. The molecule has 0 aliphatic heterocycles. The van der Waals surface area contributed by atoms with Crippen molar-refractivity contribution >= 4 is 23.2 Å². The maximum absolute atomic E-state index is 10.1. The van der Waals surface area contributed by atoms with Gasteiger partial charge in [-0.05, 0) is 30.0 Å². The van der Waals surface area contributed by atoms with Gasteiger partial charge < -0.3 is 5.11 Å². The average Bonchev–Trinajstić information content (AvgIpc) is 2.74. The zero-order chi connectivity index (χ0) is 11.5. The molecule has 16 heavy (non-hydrogen) atoms. The Morgan fingerprint density at radius 3 is 2.50 bits per heavy atom. The van der Waals surface area contributed by atoms with Crippen molar-refractivity contribution in [3.8, 4) is 0 Å². The second kappa shape index (κ2) is 5.39. The molecule has 2 rings (SSSR count). The lowest BCUT2D eigenvalue weighted by Crippen LogP contribution is -2.04. The van der Waals surface area contributed by atoms with Crippen LogP contribution >= 0.6 is 23.2 Å². The number of aliphatic hydroxyl groups excluding tert-OH is 1. The zero-order valence-corrected chi connectivity index (χ0v) is 10.6. The molecular formula is C13H16Cl2O. The highest BCUT2D eigenvalue weighted by Gasteiger charge is 2.20. The highest BCUT2D eigenvalue weighted by molar-refractivity contribution is 6.42. The first-order valence-corrected chi connectivity index (χ1v) is 6.55. The first-order chi connectivity index (χ1) is 7.66. The lowest BCUT2D eigenvalue weighted by atomic mass is 9.96.